The molecule has 1 rings (SSSR count). The van der Waals surface area contributed by atoms with Crippen molar-refractivity contribution in [3.05, 3.63) is 29.6 Å². The average molecular weight is 208 g/mol. The molecule has 1 unspecified atom stereocenters. The van der Waals surface area contributed by atoms with Crippen LogP contribution in [-0.4, -0.2) is 12.6 Å². The van der Waals surface area contributed by atoms with Gasteiger partial charge in [-0.15, -0.1) is 0 Å². The van der Waals surface area contributed by atoms with Crippen molar-refractivity contribution in [3.8, 4) is 11.8 Å². The van der Waals surface area contributed by atoms with Gasteiger partial charge in [-0.25, -0.2) is 4.39 Å². The highest BCUT2D eigenvalue weighted by Gasteiger charge is 2.03. The summed E-state index contributed by atoms with van der Waals surface area (Å²) in [6, 6.07) is 5.72. The SMILES string of the molecule is Cc1cc(F)ccc1OCCC(N)C#N. The van der Waals surface area contributed by atoms with E-state index in [1.165, 1.54) is 12.1 Å². The lowest BCUT2D eigenvalue weighted by Crippen LogP contribution is -2.20. The first-order valence-electron chi connectivity index (χ1n) is 4.67. The van der Waals surface area contributed by atoms with Gasteiger partial charge in [0.05, 0.1) is 18.7 Å². The standard InChI is InChI=1S/C11H13FN2O/c1-8-6-9(12)2-3-11(8)15-5-4-10(14)7-13/h2-3,6,10H,4-5,14H2,1H3. The molecule has 1 atom stereocenters. The first kappa shape index (κ1) is 11.5. The number of rotatable bonds is 4. The molecule has 0 aliphatic heterocycles. The maximum atomic E-state index is 12.7. The molecule has 1 aromatic carbocycles. The largest absolute Gasteiger partial charge is 0.493 e. The number of halogens is 1. The Kier molecular flexibility index (Phi) is 4.07. The van der Waals surface area contributed by atoms with Gasteiger partial charge in [-0.1, -0.05) is 0 Å². The third kappa shape index (κ3) is 3.56. The van der Waals surface area contributed by atoms with Crippen molar-refractivity contribution in [1.82, 2.24) is 0 Å². The van der Waals surface area contributed by atoms with Crippen LogP contribution in [-0.2, 0) is 0 Å². The summed E-state index contributed by atoms with van der Waals surface area (Å²) in [4.78, 5) is 0. The van der Waals surface area contributed by atoms with E-state index in [-0.39, 0.29) is 5.82 Å². The Hall–Kier alpha value is -1.60. The molecule has 0 saturated heterocycles. The third-order valence-electron chi connectivity index (χ3n) is 1.99. The number of nitrogens with zero attached hydrogens (tertiary/aromatic N) is 1. The van der Waals surface area contributed by atoms with Crippen molar-refractivity contribution >= 4 is 0 Å². The van der Waals surface area contributed by atoms with Crippen LogP contribution in [0.2, 0.25) is 0 Å². The molecule has 0 saturated carbocycles. The molecule has 15 heavy (non-hydrogen) atoms. The summed E-state index contributed by atoms with van der Waals surface area (Å²) in [6.45, 7) is 2.13. The summed E-state index contributed by atoms with van der Waals surface area (Å²) >= 11 is 0. The molecule has 0 spiro atoms. The first-order valence-corrected chi connectivity index (χ1v) is 4.67. The van der Waals surface area contributed by atoms with E-state index in [0.29, 0.717) is 18.8 Å². The highest BCUT2D eigenvalue weighted by atomic mass is 19.1. The Morgan fingerprint density at radius 2 is 2.33 bits per heavy atom. The van der Waals surface area contributed by atoms with E-state index in [1.54, 1.807) is 13.0 Å². The van der Waals surface area contributed by atoms with Crippen LogP contribution in [0.5, 0.6) is 5.75 Å². The summed E-state index contributed by atoms with van der Waals surface area (Å²) in [5.41, 5.74) is 6.13. The smallest absolute Gasteiger partial charge is 0.123 e. The molecule has 1 aromatic rings. The number of hydrogen-bond donors (Lipinski definition) is 1. The maximum Gasteiger partial charge on any atom is 0.123 e. The molecule has 0 heterocycles. The summed E-state index contributed by atoms with van der Waals surface area (Å²) < 4.78 is 18.1. The minimum absolute atomic E-state index is 0.284. The zero-order valence-electron chi connectivity index (χ0n) is 8.53. The van der Waals surface area contributed by atoms with Crippen LogP contribution in [0, 0.1) is 24.1 Å². The summed E-state index contributed by atoms with van der Waals surface area (Å²) in [5.74, 6) is 0.343. The maximum absolute atomic E-state index is 12.7. The van der Waals surface area contributed by atoms with Gasteiger partial charge < -0.3 is 10.5 Å². The first-order chi connectivity index (χ1) is 7.13. The van der Waals surface area contributed by atoms with Crippen LogP contribution in [0.3, 0.4) is 0 Å². The van der Waals surface area contributed by atoms with Gasteiger partial charge in [0, 0.05) is 6.42 Å². The molecule has 0 bridgehead atoms. The van der Waals surface area contributed by atoms with Crippen molar-refractivity contribution < 1.29 is 9.13 Å². The van der Waals surface area contributed by atoms with E-state index in [0.717, 1.165) is 5.56 Å². The van der Waals surface area contributed by atoms with Gasteiger partial charge in [0.25, 0.3) is 0 Å². The lowest BCUT2D eigenvalue weighted by molar-refractivity contribution is 0.303. The summed E-state index contributed by atoms with van der Waals surface area (Å²) in [7, 11) is 0. The lowest BCUT2D eigenvalue weighted by atomic mass is 10.2. The molecule has 0 aliphatic rings. The second-order valence-corrected chi connectivity index (χ2v) is 3.28. The van der Waals surface area contributed by atoms with Crippen molar-refractivity contribution in [1.29, 1.82) is 5.26 Å². The zero-order valence-corrected chi connectivity index (χ0v) is 8.53. The molecule has 2 N–H and O–H groups in total. The van der Waals surface area contributed by atoms with E-state index in [2.05, 4.69) is 0 Å². The van der Waals surface area contributed by atoms with Crippen molar-refractivity contribution in [3.63, 3.8) is 0 Å². The highest BCUT2D eigenvalue weighted by Crippen LogP contribution is 2.18. The Morgan fingerprint density at radius 1 is 1.60 bits per heavy atom. The fourth-order valence-corrected chi connectivity index (χ4v) is 1.14. The van der Waals surface area contributed by atoms with Crippen LogP contribution < -0.4 is 10.5 Å². The number of aryl methyl sites for hydroxylation is 1. The summed E-state index contributed by atoms with van der Waals surface area (Å²) in [6.07, 6.45) is 0.466. The van der Waals surface area contributed by atoms with Gasteiger partial charge in [0.2, 0.25) is 0 Å². The van der Waals surface area contributed by atoms with Crippen LogP contribution in [0.1, 0.15) is 12.0 Å². The molecular formula is C11H13FN2O. The lowest BCUT2D eigenvalue weighted by Gasteiger charge is -2.09. The fourth-order valence-electron chi connectivity index (χ4n) is 1.14. The van der Waals surface area contributed by atoms with E-state index < -0.39 is 6.04 Å². The van der Waals surface area contributed by atoms with Gasteiger partial charge in [-0.2, -0.15) is 5.26 Å². The highest BCUT2D eigenvalue weighted by molar-refractivity contribution is 5.32. The molecule has 0 aliphatic carbocycles. The van der Waals surface area contributed by atoms with E-state index >= 15 is 0 Å². The predicted molar refractivity (Wildman–Crippen MR) is 54.8 cm³/mol. The fraction of sp³-hybridized carbons (Fsp3) is 0.364. The second-order valence-electron chi connectivity index (χ2n) is 3.28. The topological polar surface area (TPSA) is 59.0 Å². The Labute approximate surface area is 88.3 Å². The Bertz CT molecular complexity index is 373. The van der Waals surface area contributed by atoms with E-state index in [9.17, 15) is 4.39 Å². The molecule has 0 amide bonds. The molecular weight excluding hydrogens is 195 g/mol. The molecule has 80 valence electrons. The van der Waals surface area contributed by atoms with Crippen molar-refractivity contribution in [2.24, 2.45) is 5.73 Å². The molecule has 0 radical (unpaired) electrons. The van der Waals surface area contributed by atoms with Gasteiger partial charge in [0.15, 0.2) is 0 Å². The summed E-state index contributed by atoms with van der Waals surface area (Å²) in [5, 5.41) is 8.44. The number of hydrogen-bond acceptors (Lipinski definition) is 3. The zero-order chi connectivity index (χ0) is 11.3. The van der Waals surface area contributed by atoms with Gasteiger partial charge in [0.1, 0.15) is 11.6 Å². The van der Waals surface area contributed by atoms with Gasteiger partial charge in [-0.3, -0.25) is 0 Å². The molecule has 0 fully saturated rings. The number of nitrogens with two attached hydrogens (primary N) is 1. The minimum atomic E-state index is -0.509. The monoisotopic (exact) mass is 208 g/mol. The van der Waals surface area contributed by atoms with Crippen molar-refractivity contribution in [2.75, 3.05) is 6.61 Å². The molecule has 4 heteroatoms. The van der Waals surface area contributed by atoms with Gasteiger partial charge in [-0.05, 0) is 30.7 Å². The quantitative estimate of drug-likeness (QED) is 0.820. The van der Waals surface area contributed by atoms with Gasteiger partial charge >= 0.3 is 0 Å². The number of nitriles is 1. The van der Waals surface area contributed by atoms with Crippen LogP contribution in [0.25, 0.3) is 0 Å². The molecule has 3 nitrogen and oxygen atoms in total. The van der Waals surface area contributed by atoms with Crippen molar-refractivity contribution in [2.45, 2.75) is 19.4 Å². The third-order valence-corrected chi connectivity index (χ3v) is 1.99. The predicted octanol–water partition coefficient (Wildman–Crippen LogP) is 1.75. The van der Waals surface area contributed by atoms with Crippen LogP contribution in [0.4, 0.5) is 4.39 Å². The normalized spacial score (nSPS) is 11.9. The molecule has 0 aromatic heterocycles. The van der Waals surface area contributed by atoms with Crippen LogP contribution in [0.15, 0.2) is 18.2 Å². The van der Waals surface area contributed by atoms with E-state index in [1.807, 2.05) is 6.07 Å². The minimum Gasteiger partial charge on any atom is -0.493 e. The Balaban J connectivity index is 2.48. The van der Waals surface area contributed by atoms with E-state index in [4.69, 9.17) is 15.7 Å². The second kappa shape index (κ2) is 5.32. The average Bonchev–Trinajstić information content (AvgIpc) is 2.21. The van der Waals surface area contributed by atoms with Crippen LogP contribution >= 0.6 is 0 Å². The Morgan fingerprint density at radius 3 is 2.93 bits per heavy atom. The number of ether oxygens (including phenoxy) is 1. The number of benzene rings is 1.